The first-order chi connectivity index (χ1) is 12.9. The molecule has 0 spiro atoms. The fourth-order valence-electron chi connectivity index (χ4n) is 3.92. The third-order valence-electron chi connectivity index (χ3n) is 5.60. The van der Waals surface area contributed by atoms with Crippen molar-refractivity contribution in [1.29, 1.82) is 0 Å². The Morgan fingerprint density at radius 2 is 1.93 bits per heavy atom. The first kappa shape index (κ1) is 19.2. The molecule has 1 N–H and O–H groups in total. The molecule has 27 heavy (non-hydrogen) atoms. The largest absolute Gasteiger partial charge is 0.484 e. The summed E-state index contributed by atoms with van der Waals surface area (Å²) in [5.41, 5.74) is -1.14. The van der Waals surface area contributed by atoms with Crippen LogP contribution in [0.4, 0.5) is 0 Å². The van der Waals surface area contributed by atoms with Crippen LogP contribution in [0.3, 0.4) is 0 Å². The standard InChI is InChI=1S/C20H26N2O5/c1-20(19(25)26)10-6-12-22(20)18(24)15-7-5-11-21(13-15)17(23)14-27-16-8-3-2-4-9-16/h2-4,8-9,15H,5-7,10-14H2,1H3,(H,25,26). The third kappa shape index (κ3) is 4.07. The van der Waals surface area contributed by atoms with Crippen LogP contribution in [0.2, 0.25) is 0 Å². The summed E-state index contributed by atoms with van der Waals surface area (Å²) in [7, 11) is 0. The number of aliphatic carboxylic acids is 1. The molecule has 2 unspecified atom stereocenters. The highest BCUT2D eigenvalue weighted by molar-refractivity contribution is 5.89. The maximum atomic E-state index is 13.0. The maximum Gasteiger partial charge on any atom is 0.329 e. The summed E-state index contributed by atoms with van der Waals surface area (Å²) in [4.78, 5) is 40.2. The van der Waals surface area contributed by atoms with Gasteiger partial charge in [-0.1, -0.05) is 18.2 Å². The Bertz CT molecular complexity index is 708. The third-order valence-corrected chi connectivity index (χ3v) is 5.60. The highest BCUT2D eigenvalue weighted by Gasteiger charge is 2.47. The van der Waals surface area contributed by atoms with Crippen LogP contribution in [0.15, 0.2) is 30.3 Å². The number of carbonyl (C=O) groups is 3. The van der Waals surface area contributed by atoms with Gasteiger partial charge in [0.25, 0.3) is 5.91 Å². The first-order valence-corrected chi connectivity index (χ1v) is 9.42. The number of carbonyl (C=O) groups excluding carboxylic acids is 2. The molecule has 2 saturated heterocycles. The lowest BCUT2D eigenvalue weighted by Gasteiger charge is -2.38. The number of carboxylic acid groups (broad SMARTS) is 1. The molecule has 0 bridgehead atoms. The number of para-hydroxylation sites is 1. The predicted molar refractivity (Wildman–Crippen MR) is 98.2 cm³/mol. The molecule has 7 nitrogen and oxygen atoms in total. The maximum absolute atomic E-state index is 13.0. The van der Waals surface area contributed by atoms with E-state index in [9.17, 15) is 19.5 Å². The molecule has 3 rings (SSSR count). The van der Waals surface area contributed by atoms with Crippen LogP contribution < -0.4 is 4.74 Å². The van der Waals surface area contributed by atoms with Gasteiger partial charge in [0.1, 0.15) is 11.3 Å². The summed E-state index contributed by atoms with van der Waals surface area (Å²) in [5, 5.41) is 9.53. The number of nitrogens with zero attached hydrogens (tertiary/aromatic N) is 2. The summed E-state index contributed by atoms with van der Waals surface area (Å²) >= 11 is 0. The second-order valence-electron chi connectivity index (χ2n) is 7.45. The van der Waals surface area contributed by atoms with Gasteiger partial charge in [-0.2, -0.15) is 0 Å². The summed E-state index contributed by atoms with van der Waals surface area (Å²) < 4.78 is 5.52. The van der Waals surface area contributed by atoms with E-state index in [-0.39, 0.29) is 24.3 Å². The van der Waals surface area contributed by atoms with Gasteiger partial charge >= 0.3 is 5.97 Å². The fourth-order valence-corrected chi connectivity index (χ4v) is 3.92. The molecule has 0 aliphatic carbocycles. The van der Waals surface area contributed by atoms with Gasteiger partial charge in [0.2, 0.25) is 5.91 Å². The number of benzene rings is 1. The van der Waals surface area contributed by atoms with Gasteiger partial charge in [0, 0.05) is 19.6 Å². The van der Waals surface area contributed by atoms with Crippen molar-refractivity contribution in [1.82, 2.24) is 9.80 Å². The van der Waals surface area contributed by atoms with Gasteiger partial charge in [-0.3, -0.25) is 9.59 Å². The van der Waals surface area contributed by atoms with Crippen molar-refractivity contribution in [3.8, 4) is 5.75 Å². The summed E-state index contributed by atoms with van der Waals surface area (Å²) in [5.74, 6) is -0.994. The second kappa shape index (κ2) is 7.98. The van der Waals surface area contributed by atoms with Crippen LogP contribution in [0.25, 0.3) is 0 Å². The van der Waals surface area contributed by atoms with Crippen molar-refractivity contribution in [2.75, 3.05) is 26.2 Å². The van der Waals surface area contributed by atoms with Gasteiger partial charge in [0.05, 0.1) is 5.92 Å². The zero-order chi connectivity index (χ0) is 19.4. The minimum absolute atomic E-state index is 0.0680. The van der Waals surface area contributed by atoms with Crippen LogP contribution in [-0.4, -0.2) is 64.5 Å². The smallest absolute Gasteiger partial charge is 0.329 e. The Labute approximate surface area is 158 Å². The van der Waals surface area contributed by atoms with E-state index >= 15 is 0 Å². The van der Waals surface area contributed by atoms with Crippen molar-refractivity contribution in [2.24, 2.45) is 5.92 Å². The first-order valence-electron chi connectivity index (χ1n) is 9.42. The SMILES string of the molecule is CC1(C(=O)O)CCCN1C(=O)C1CCCN(C(=O)COc2ccccc2)C1. The monoisotopic (exact) mass is 374 g/mol. The van der Waals surface area contributed by atoms with Crippen LogP contribution >= 0.6 is 0 Å². The van der Waals surface area contributed by atoms with E-state index in [2.05, 4.69) is 0 Å². The number of hydrogen-bond acceptors (Lipinski definition) is 4. The minimum Gasteiger partial charge on any atom is -0.484 e. The molecule has 0 aromatic heterocycles. The van der Waals surface area contributed by atoms with Crippen LogP contribution in [0, 0.1) is 5.92 Å². The van der Waals surface area contributed by atoms with Crippen molar-refractivity contribution in [3.05, 3.63) is 30.3 Å². The molecular weight excluding hydrogens is 348 g/mol. The number of rotatable bonds is 5. The lowest BCUT2D eigenvalue weighted by molar-refractivity contribution is -0.158. The van der Waals surface area contributed by atoms with Gasteiger partial charge < -0.3 is 19.6 Å². The molecule has 2 heterocycles. The molecule has 0 radical (unpaired) electrons. The molecule has 2 aliphatic heterocycles. The number of likely N-dealkylation sites (tertiary alicyclic amines) is 2. The lowest BCUT2D eigenvalue weighted by atomic mass is 9.93. The summed E-state index contributed by atoms with van der Waals surface area (Å²) in [6.45, 7) is 2.92. The van der Waals surface area contributed by atoms with E-state index in [4.69, 9.17) is 4.74 Å². The Hall–Kier alpha value is -2.57. The van der Waals surface area contributed by atoms with E-state index in [1.54, 1.807) is 24.0 Å². The predicted octanol–water partition coefficient (Wildman–Crippen LogP) is 1.77. The van der Waals surface area contributed by atoms with Crippen molar-refractivity contribution < 1.29 is 24.2 Å². The number of carboxylic acids is 1. The fraction of sp³-hybridized carbons (Fsp3) is 0.550. The Morgan fingerprint density at radius 1 is 1.19 bits per heavy atom. The summed E-state index contributed by atoms with van der Waals surface area (Å²) in [6, 6.07) is 9.13. The van der Waals surface area contributed by atoms with Crippen LogP contribution in [0.1, 0.15) is 32.6 Å². The summed E-state index contributed by atoms with van der Waals surface area (Å²) in [6.07, 6.45) is 2.56. The number of ether oxygens (including phenoxy) is 1. The quantitative estimate of drug-likeness (QED) is 0.849. The van der Waals surface area contributed by atoms with E-state index < -0.39 is 11.5 Å². The highest BCUT2D eigenvalue weighted by atomic mass is 16.5. The van der Waals surface area contributed by atoms with E-state index in [0.29, 0.717) is 44.6 Å². The topological polar surface area (TPSA) is 87.2 Å². The molecule has 146 valence electrons. The molecule has 2 amide bonds. The lowest BCUT2D eigenvalue weighted by Crippen LogP contribution is -2.55. The zero-order valence-corrected chi connectivity index (χ0v) is 15.6. The number of hydrogen-bond donors (Lipinski definition) is 1. The molecular formula is C20H26N2O5. The van der Waals surface area contributed by atoms with E-state index in [1.165, 1.54) is 4.90 Å². The molecule has 1 aromatic rings. The van der Waals surface area contributed by atoms with Gasteiger partial charge in [-0.05, 0) is 44.7 Å². The van der Waals surface area contributed by atoms with Crippen LogP contribution in [0.5, 0.6) is 5.75 Å². The average molecular weight is 374 g/mol. The van der Waals surface area contributed by atoms with Crippen molar-refractivity contribution in [2.45, 2.75) is 38.1 Å². The van der Waals surface area contributed by atoms with Gasteiger partial charge in [-0.25, -0.2) is 4.79 Å². The molecule has 7 heteroatoms. The molecule has 2 aliphatic rings. The number of amides is 2. The Balaban J connectivity index is 1.59. The minimum atomic E-state index is -1.14. The van der Waals surface area contributed by atoms with E-state index in [0.717, 1.165) is 6.42 Å². The Morgan fingerprint density at radius 3 is 2.63 bits per heavy atom. The highest BCUT2D eigenvalue weighted by Crippen LogP contribution is 2.32. The van der Waals surface area contributed by atoms with Gasteiger partial charge in [-0.15, -0.1) is 0 Å². The van der Waals surface area contributed by atoms with Crippen molar-refractivity contribution in [3.63, 3.8) is 0 Å². The van der Waals surface area contributed by atoms with Gasteiger partial charge in [0.15, 0.2) is 6.61 Å². The Kier molecular flexibility index (Phi) is 5.68. The molecule has 1 aromatic carbocycles. The van der Waals surface area contributed by atoms with Crippen LogP contribution in [-0.2, 0) is 14.4 Å². The zero-order valence-electron chi connectivity index (χ0n) is 15.6. The second-order valence-corrected chi connectivity index (χ2v) is 7.45. The van der Waals surface area contributed by atoms with Crippen molar-refractivity contribution >= 4 is 17.8 Å². The number of piperidine rings is 1. The molecule has 0 saturated carbocycles. The van der Waals surface area contributed by atoms with E-state index in [1.807, 2.05) is 18.2 Å². The average Bonchev–Trinajstić information content (AvgIpc) is 3.09. The molecule has 2 atom stereocenters. The normalized spacial score (nSPS) is 25.3. The molecule has 2 fully saturated rings.